The second-order valence-electron chi connectivity index (χ2n) is 7.70. The molecule has 1 atom stereocenters. The number of fused-ring (bicyclic) bond motifs is 1. The van der Waals surface area contributed by atoms with E-state index in [-0.39, 0.29) is 5.91 Å². The molecule has 150 valence electrons. The monoisotopic (exact) mass is 393 g/mol. The molecule has 1 fully saturated rings. The lowest BCUT2D eigenvalue weighted by Gasteiger charge is -2.35. The molecule has 8 nitrogen and oxygen atoms in total. The first-order valence-electron chi connectivity index (χ1n) is 9.69. The van der Waals surface area contributed by atoms with Gasteiger partial charge in [0.1, 0.15) is 29.5 Å². The van der Waals surface area contributed by atoms with Gasteiger partial charge in [0, 0.05) is 25.4 Å². The predicted molar refractivity (Wildman–Crippen MR) is 105 cm³/mol. The van der Waals surface area contributed by atoms with Gasteiger partial charge in [0.15, 0.2) is 0 Å². The number of aromatic nitrogens is 4. The Morgan fingerprint density at radius 2 is 2.17 bits per heavy atom. The molecule has 1 aromatic carbocycles. The van der Waals surface area contributed by atoms with Gasteiger partial charge in [-0.15, -0.1) is 0 Å². The minimum atomic E-state index is -0.397. The Balaban J connectivity index is 1.40. The van der Waals surface area contributed by atoms with Crippen molar-refractivity contribution in [3.8, 4) is 17.0 Å². The SMILES string of the molecule is COc1cccc(-c2cnc3n2C[C@@]2(CCN(C(=O)c4ccn(C)n4)C2)OC3)c1. The van der Waals surface area contributed by atoms with E-state index < -0.39 is 5.60 Å². The zero-order valence-corrected chi connectivity index (χ0v) is 16.5. The number of benzene rings is 1. The first-order valence-corrected chi connectivity index (χ1v) is 9.69. The highest BCUT2D eigenvalue weighted by atomic mass is 16.5. The topological polar surface area (TPSA) is 74.4 Å². The van der Waals surface area contributed by atoms with Crippen molar-refractivity contribution in [1.29, 1.82) is 0 Å². The molecule has 0 bridgehead atoms. The van der Waals surface area contributed by atoms with Gasteiger partial charge < -0.3 is 18.9 Å². The van der Waals surface area contributed by atoms with Crippen LogP contribution in [-0.4, -0.2) is 55.9 Å². The summed E-state index contributed by atoms with van der Waals surface area (Å²) in [7, 11) is 3.48. The van der Waals surface area contributed by atoms with Crippen LogP contribution in [0.5, 0.6) is 5.75 Å². The van der Waals surface area contributed by atoms with Crippen LogP contribution in [0.1, 0.15) is 22.7 Å². The number of amides is 1. The van der Waals surface area contributed by atoms with E-state index in [1.807, 2.05) is 36.3 Å². The number of carbonyl (C=O) groups is 1. The van der Waals surface area contributed by atoms with E-state index in [9.17, 15) is 4.79 Å². The second kappa shape index (κ2) is 6.73. The number of aryl methyl sites for hydroxylation is 1. The van der Waals surface area contributed by atoms with E-state index >= 15 is 0 Å². The van der Waals surface area contributed by atoms with Crippen LogP contribution >= 0.6 is 0 Å². The molecule has 1 saturated heterocycles. The molecule has 2 aromatic heterocycles. The van der Waals surface area contributed by atoms with Crippen molar-refractivity contribution >= 4 is 5.91 Å². The molecule has 0 saturated carbocycles. The highest BCUT2D eigenvalue weighted by Gasteiger charge is 2.45. The summed E-state index contributed by atoms with van der Waals surface area (Å²) in [6.45, 7) is 2.32. The van der Waals surface area contributed by atoms with E-state index in [0.717, 1.165) is 29.3 Å². The van der Waals surface area contributed by atoms with Crippen LogP contribution in [0.15, 0.2) is 42.7 Å². The molecule has 5 rings (SSSR count). The van der Waals surface area contributed by atoms with Crippen LogP contribution in [0, 0.1) is 0 Å². The largest absolute Gasteiger partial charge is 0.497 e. The molecule has 1 amide bonds. The van der Waals surface area contributed by atoms with Crippen molar-refractivity contribution < 1.29 is 14.3 Å². The van der Waals surface area contributed by atoms with Gasteiger partial charge in [0.2, 0.25) is 0 Å². The average molecular weight is 393 g/mol. The molecule has 0 N–H and O–H groups in total. The van der Waals surface area contributed by atoms with Gasteiger partial charge in [0.05, 0.1) is 32.1 Å². The quantitative estimate of drug-likeness (QED) is 0.681. The molecular weight excluding hydrogens is 370 g/mol. The van der Waals surface area contributed by atoms with Crippen molar-refractivity contribution in [2.24, 2.45) is 7.05 Å². The van der Waals surface area contributed by atoms with Crippen LogP contribution in [0.2, 0.25) is 0 Å². The highest BCUT2D eigenvalue weighted by molar-refractivity contribution is 5.92. The van der Waals surface area contributed by atoms with E-state index in [1.54, 1.807) is 24.1 Å². The fraction of sp³-hybridized carbons (Fsp3) is 0.381. The lowest BCUT2D eigenvalue weighted by Crippen LogP contribution is -2.45. The lowest BCUT2D eigenvalue weighted by molar-refractivity contribution is -0.0804. The van der Waals surface area contributed by atoms with Gasteiger partial charge in [-0.05, 0) is 24.6 Å². The van der Waals surface area contributed by atoms with Crippen molar-refractivity contribution in [2.75, 3.05) is 20.2 Å². The highest BCUT2D eigenvalue weighted by Crippen LogP contribution is 2.36. The summed E-state index contributed by atoms with van der Waals surface area (Å²) in [6.07, 6.45) is 4.47. The number of carbonyl (C=O) groups excluding carboxylic acids is 1. The van der Waals surface area contributed by atoms with E-state index in [0.29, 0.717) is 31.9 Å². The van der Waals surface area contributed by atoms with E-state index in [2.05, 4.69) is 20.7 Å². The molecule has 8 heteroatoms. The first-order chi connectivity index (χ1) is 14.1. The third-order valence-corrected chi connectivity index (χ3v) is 5.79. The van der Waals surface area contributed by atoms with Crippen LogP contribution in [-0.2, 0) is 24.9 Å². The number of ether oxygens (including phenoxy) is 2. The number of methoxy groups -OCH3 is 1. The van der Waals surface area contributed by atoms with Crippen molar-refractivity contribution in [1.82, 2.24) is 24.2 Å². The Hall–Kier alpha value is -3.13. The maximum Gasteiger partial charge on any atom is 0.274 e. The predicted octanol–water partition coefficient (Wildman–Crippen LogP) is 2.11. The second-order valence-corrected chi connectivity index (χ2v) is 7.70. The van der Waals surface area contributed by atoms with Gasteiger partial charge >= 0.3 is 0 Å². The van der Waals surface area contributed by atoms with Gasteiger partial charge in [-0.3, -0.25) is 9.48 Å². The summed E-state index contributed by atoms with van der Waals surface area (Å²) in [5.74, 6) is 1.67. The minimum Gasteiger partial charge on any atom is -0.497 e. The zero-order chi connectivity index (χ0) is 20.0. The summed E-state index contributed by atoms with van der Waals surface area (Å²) in [5, 5.41) is 4.24. The van der Waals surface area contributed by atoms with Crippen molar-refractivity contribution in [3.05, 3.63) is 54.2 Å². The summed E-state index contributed by atoms with van der Waals surface area (Å²) < 4.78 is 15.5. The Labute approximate surface area is 168 Å². The van der Waals surface area contributed by atoms with E-state index in [4.69, 9.17) is 9.47 Å². The van der Waals surface area contributed by atoms with Gasteiger partial charge in [-0.2, -0.15) is 5.10 Å². The van der Waals surface area contributed by atoms with Crippen molar-refractivity contribution in [2.45, 2.75) is 25.2 Å². The summed E-state index contributed by atoms with van der Waals surface area (Å²) in [5.41, 5.74) is 2.17. The molecule has 4 heterocycles. The average Bonchev–Trinajstić information content (AvgIpc) is 3.46. The zero-order valence-electron chi connectivity index (χ0n) is 16.5. The summed E-state index contributed by atoms with van der Waals surface area (Å²) in [4.78, 5) is 19.2. The van der Waals surface area contributed by atoms with Gasteiger partial charge in [-0.25, -0.2) is 4.98 Å². The number of nitrogens with zero attached hydrogens (tertiary/aromatic N) is 5. The molecule has 0 aliphatic carbocycles. The Morgan fingerprint density at radius 3 is 2.97 bits per heavy atom. The molecule has 2 aliphatic heterocycles. The van der Waals surface area contributed by atoms with Crippen LogP contribution in [0.4, 0.5) is 0 Å². The smallest absolute Gasteiger partial charge is 0.274 e. The molecule has 1 spiro atoms. The van der Waals surface area contributed by atoms with Gasteiger partial charge in [0.25, 0.3) is 5.91 Å². The number of rotatable bonds is 3. The Morgan fingerprint density at radius 1 is 1.28 bits per heavy atom. The normalized spacial score (nSPS) is 20.8. The Kier molecular flexibility index (Phi) is 4.16. The first kappa shape index (κ1) is 17.9. The molecule has 2 aliphatic rings. The molecule has 0 unspecified atom stereocenters. The Bertz CT molecular complexity index is 1070. The van der Waals surface area contributed by atoms with Crippen LogP contribution in [0.25, 0.3) is 11.3 Å². The summed E-state index contributed by atoms with van der Waals surface area (Å²) in [6, 6.07) is 9.73. The number of hydrogen-bond donors (Lipinski definition) is 0. The van der Waals surface area contributed by atoms with Crippen LogP contribution < -0.4 is 4.74 Å². The van der Waals surface area contributed by atoms with Crippen LogP contribution in [0.3, 0.4) is 0 Å². The summed E-state index contributed by atoms with van der Waals surface area (Å²) >= 11 is 0. The standard InChI is InChI=1S/C21H23N5O3/c1-24-8-6-17(23-24)20(27)25-9-7-21(13-25)14-26-18(11-22-19(26)12-29-21)15-4-3-5-16(10-15)28-2/h3-6,8,10-11H,7,9,12-14H2,1-2H3/t21-/m0/s1. The number of likely N-dealkylation sites (tertiary alicyclic amines) is 1. The lowest BCUT2D eigenvalue weighted by atomic mass is 10.0. The fourth-order valence-electron chi connectivity index (χ4n) is 4.23. The van der Waals surface area contributed by atoms with E-state index in [1.165, 1.54) is 0 Å². The number of hydrogen-bond acceptors (Lipinski definition) is 5. The minimum absolute atomic E-state index is 0.0458. The maximum absolute atomic E-state index is 12.8. The fourth-order valence-corrected chi connectivity index (χ4v) is 4.23. The molecule has 3 aromatic rings. The molecular formula is C21H23N5O3. The van der Waals surface area contributed by atoms with Crippen molar-refractivity contribution in [3.63, 3.8) is 0 Å². The maximum atomic E-state index is 12.8. The van der Waals surface area contributed by atoms with Gasteiger partial charge in [-0.1, -0.05) is 12.1 Å². The third kappa shape index (κ3) is 3.09. The molecule has 29 heavy (non-hydrogen) atoms. The number of imidazole rings is 1. The molecule has 0 radical (unpaired) electrons. The third-order valence-electron chi connectivity index (χ3n) is 5.79.